The molecule has 1 saturated heterocycles. The number of pyridine rings is 1. The van der Waals surface area contributed by atoms with Crippen molar-refractivity contribution in [1.29, 1.82) is 0 Å². The number of benzene rings is 1. The lowest BCUT2D eigenvalue weighted by Gasteiger charge is -2.23. The van der Waals surface area contributed by atoms with Crippen LogP contribution < -0.4 is 15.8 Å². The summed E-state index contributed by atoms with van der Waals surface area (Å²) in [5.41, 5.74) is 1.97. The van der Waals surface area contributed by atoms with E-state index < -0.39 is 18.2 Å². The molecular formula is C22H23ClFN5O3. The van der Waals surface area contributed by atoms with Crippen LogP contribution in [0.4, 0.5) is 16.0 Å². The van der Waals surface area contributed by atoms with Crippen molar-refractivity contribution >= 4 is 40.1 Å². The zero-order valence-corrected chi connectivity index (χ0v) is 18.6. The molecule has 4 rings (SSSR count). The van der Waals surface area contributed by atoms with Gasteiger partial charge in [-0.05, 0) is 44.0 Å². The molecule has 0 spiro atoms. The monoisotopic (exact) mass is 459 g/mol. The summed E-state index contributed by atoms with van der Waals surface area (Å²) in [6.07, 6.45) is -0.554. The van der Waals surface area contributed by atoms with Crippen molar-refractivity contribution in [2.45, 2.75) is 32.5 Å². The molecule has 168 valence electrons. The second kappa shape index (κ2) is 8.38. The molecule has 2 N–H and O–H groups in total. The highest BCUT2D eigenvalue weighted by Crippen LogP contribution is 2.29. The van der Waals surface area contributed by atoms with Crippen LogP contribution in [0.1, 0.15) is 41.0 Å². The molecule has 0 aliphatic carbocycles. The van der Waals surface area contributed by atoms with Crippen molar-refractivity contribution in [3.8, 4) is 0 Å². The van der Waals surface area contributed by atoms with Gasteiger partial charge in [-0.15, -0.1) is 0 Å². The number of fused-ring (bicyclic) bond motifs is 1. The maximum absolute atomic E-state index is 13.8. The topological polar surface area (TPSA) is 100 Å². The molecule has 1 aliphatic rings. The van der Waals surface area contributed by atoms with Crippen molar-refractivity contribution in [3.63, 3.8) is 0 Å². The number of alkyl halides is 1. The van der Waals surface area contributed by atoms with Crippen molar-refractivity contribution in [2.24, 2.45) is 7.05 Å². The third-order valence-corrected chi connectivity index (χ3v) is 5.86. The molecule has 1 fully saturated rings. The van der Waals surface area contributed by atoms with E-state index in [0.717, 1.165) is 11.1 Å². The van der Waals surface area contributed by atoms with Crippen LogP contribution in [0.15, 0.2) is 29.1 Å². The van der Waals surface area contributed by atoms with E-state index >= 15 is 0 Å². The van der Waals surface area contributed by atoms with Gasteiger partial charge in [-0.1, -0.05) is 17.7 Å². The van der Waals surface area contributed by atoms with Gasteiger partial charge in [0.25, 0.3) is 5.56 Å². The normalized spacial score (nSPS) is 17.0. The van der Waals surface area contributed by atoms with E-state index in [9.17, 15) is 19.1 Å². The number of aryl methyl sites for hydroxylation is 1. The second-order valence-electron chi connectivity index (χ2n) is 8.06. The first-order valence-electron chi connectivity index (χ1n) is 10.2. The Morgan fingerprint density at radius 2 is 2.09 bits per heavy atom. The Labute approximate surface area is 188 Å². The van der Waals surface area contributed by atoms with Crippen molar-refractivity contribution in [3.05, 3.63) is 56.6 Å². The maximum Gasteiger partial charge on any atom is 0.356 e. The quantitative estimate of drug-likeness (QED) is 0.561. The Morgan fingerprint density at radius 3 is 2.75 bits per heavy atom. The number of halogens is 2. The number of nitrogens with one attached hydrogen (secondary N) is 1. The van der Waals surface area contributed by atoms with E-state index in [1.54, 1.807) is 24.1 Å². The van der Waals surface area contributed by atoms with Crippen LogP contribution in [0.5, 0.6) is 0 Å². The van der Waals surface area contributed by atoms with Gasteiger partial charge in [0.05, 0.1) is 29.2 Å². The fraction of sp³-hybridized carbons (Fsp3) is 0.364. The van der Waals surface area contributed by atoms with Crippen molar-refractivity contribution in [1.82, 2.24) is 14.5 Å². The first-order valence-corrected chi connectivity index (χ1v) is 10.6. The lowest BCUT2D eigenvalue weighted by Crippen LogP contribution is -2.30. The summed E-state index contributed by atoms with van der Waals surface area (Å²) in [6.45, 7) is 4.41. The third-order valence-electron chi connectivity index (χ3n) is 5.65. The molecule has 2 atom stereocenters. The molecule has 1 aliphatic heterocycles. The molecule has 10 heteroatoms. The number of carboxylic acid groups (broad SMARTS) is 1. The van der Waals surface area contributed by atoms with Crippen molar-refractivity contribution in [2.75, 3.05) is 23.3 Å². The Bertz CT molecular complexity index is 1280. The number of aromatic nitrogens is 3. The lowest BCUT2D eigenvalue weighted by molar-refractivity contribution is 0.0691. The minimum absolute atomic E-state index is 0.0770. The van der Waals surface area contributed by atoms with Gasteiger partial charge in [0, 0.05) is 19.2 Å². The smallest absolute Gasteiger partial charge is 0.356 e. The van der Waals surface area contributed by atoms with E-state index in [-0.39, 0.29) is 23.0 Å². The predicted octanol–water partition coefficient (Wildman–Crippen LogP) is 3.71. The second-order valence-corrected chi connectivity index (χ2v) is 8.45. The van der Waals surface area contributed by atoms with E-state index in [1.165, 1.54) is 10.6 Å². The lowest BCUT2D eigenvalue weighted by atomic mass is 10.0. The Balaban J connectivity index is 1.83. The highest BCUT2D eigenvalue weighted by molar-refractivity contribution is 6.29. The molecule has 3 heterocycles. The highest BCUT2D eigenvalue weighted by atomic mass is 35.5. The molecule has 32 heavy (non-hydrogen) atoms. The first kappa shape index (κ1) is 22.0. The van der Waals surface area contributed by atoms with Gasteiger partial charge >= 0.3 is 5.97 Å². The van der Waals surface area contributed by atoms with Gasteiger partial charge in [-0.3, -0.25) is 9.36 Å². The van der Waals surface area contributed by atoms with Gasteiger partial charge in [0.2, 0.25) is 5.95 Å². The van der Waals surface area contributed by atoms with Crippen LogP contribution >= 0.6 is 11.6 Å². The largest absolute Gasteiger partial charge is 0.476 e. The molecule has 1 aromatic carbocycles. The molecule has 3 aromatic rings. The Kier molecular flexibility index (Phi) is 5.77. The zero-order chi connectivity index (χ0) is 23.2. The molecule has 8 nitrogen and oxygen atoms in total. The summed E-state index contributed by atoms with van der Waals surface area (Å²) < 4.78 is 15.3. The Hall–Kier alpha value is -3.20. The van der Waals surface area contributed by atoms with E-state index in [4.69, 9.17) is 16.6 Å². The van der Waals surface area contributed by atoms with E-state index in [0.29, 0.717) is 35.5 Å². The van der Waals surface area contributed by atoms with Gasteiger partial charge in [-0.2, -0.15) is 0 Å². The van der Waals surface area contributed by atoms with Crippen LogP contribution in [-0.4, -0.2) is 44.9 Å². The minimum atomic E-state index is -1.21. The van der Waals surface area contributed by atoms with Crippen molar-refractivity contribution < 1.29 is 14.3 Å². The highest BCUT2D eigenvalue weighted by Gasteiger charge is 2.26. The number of carbonyl (C=O) groups is 1. The molecule has 0 unspecified atom stereocenters. The number of hydrogen-bond donors (Lipinski definition) is 2. The zero-order valence-electron chi connectivity index (χ0n) is 17.9. The summed E-state index contributed by atoms with van der Waals surface area (Å²) in [6, 6.07) is 6.33. The minimum Gasteiger partial charge on any atom is -0.476 e. The van der Waals surface area contributed by atoms with Gasteiger partial charge in [0.1, 0.15) is 11.3 Å². The molecule has 0 radical (unpaired) electrons. The van der Waals surface area contributed by atoms with Crippen LogP contribution in [0, 0.1) is 6.92 Å². The number of carboxylic acids is 1. The van der Waals surface area contributed by atoms with Gasteiger partial charge < -0.3 is 15.3 Å². The van der Waals surface area contributed by atoms with Crippen LogP contribution in [0.2, 0.25) is 5.15 Å². The average Bonchev–Trinajstić information content (AvgIpc) is 3.17. The standard InChI is InChI=1S/C22H23ClFN5O3/c1-11-8-14(12(2)25-16-4-5-17(23)26-19(16)21(31)32)18-15(9-11)20(30)28(3)22(27-18)29-7-6-13(24)10-29/h4-5,8-9,12-13,25H,6-7,10H2,1-3H3,(H,31,32)/t12-,13+/m1/s1. The fourth-order valence-electron chi connectivity index (χ4n) is 4.08. The number of anilines is 2. The molecule has 0 bridgehead atoms. The van der Waals surface area contributed by atoms with E-state index in [1.807, 2.05) is 19.9 Å². The van der Waals surface area contributed by atoms with Crippen LogP contribution in [0.3, 0.4) is 0 Å². The van der Waals surface area contributed by atoms with Gasteiger partial charge in [-0.25, -0.2) is 19.2 Å². The molecular weight excluding hydrogens is 437 g/mol. The summed E-state index contributed by atoms with van der Waals surface area (Å²) in [7, 11) is 1.64. The number of aromatic carboxylic acids is 1. The SMILES string of the molecule is Cc1cc([C@@H](C)Nc2ccc(Cl)nc2C(=O)O)c2nc(N3CC[C@H](F)C3)n(C)c(=O)c2c1. The number of hydrogen-bond acceptors (Lipinski definition) is 6. The third kappa shape index (κ3) is 4.00. The Morgan fingerprint density at radius 1 is 1.34 bits per heavy atom. The van der Waals surface area contributed by atoms with E-state index in [2.05, 4.69) is 10.3 Å². The van der Waals surface area contributed by atoms with Crippen LogP contribution in [-0.2, 0) is 7.05 Å². The molecule has 0 saturated carbocycles. The van der Waals surface area contributed by atoms with Gasteiger partial charge in [0.15, 0.2) is 5.69 Å². The summed E-state index contributed by atoms with van der Waals surface area (Å²) >= 11 is 5.85. The number of rotatable bonds is 5. The summed E-state index contributed by atoms with van der Waals surface area (Å²) in [4.78, 5) is 35.2. The fourth-order valence-corrected chi connectivity index (χ4v) is 4.23. The molecule has 2 aromatic heterocycles. The maximum atomic E-state index is 13.8. The summed E-state index contributed by atoms with van der Waals surface area (Å²) in [5.74, 6) is -0.792. The first-order chi connectivity index (χ1) is 15.2. The predicted molar refractivity (Wildman–Crippen MR) is 122 cm³/mol. The number of nitrogens with zero attached hydrogens (tertiary/aromatic N) is 4. The molecule has 0 amide bonds. The summed E-state index contributed by atoms with van der Waals surface area (Å²) in [5, 5.41) is 13.2. The van der Waals surface area contributed by atoms with Crippen LogP contribution in [0.25, 0.3) is 10.9 Å². The average molecular weight is 460 g/mol.